The Morgan fingerprint density at radius 2 is 2.26 bits per heavy atom. The summed E-state index contributed by atoms with van der Waals surface area (Å²) in [6, 6.07) is 7.45. The molecule has 0 saturated heterocycles. The number of aryl methyl sites for hydroxylation is 1. The fourth-order valence-electron chi connectivity index (χ4n) is 1.92. The Kier molecular flexibility index (Phi) is 4.27. The normalized spacial score (nSPS) is 11.1. The van der Waals surface area contributed by atoms with Crippen molar-refractivity contribution >= 4 is 16.9 Å². The molecule has 0 atom stereocenters. The van der Waals surface area contributed by atoms with Gasteiger partial charge in [0.15, 0.2) is 0 Å². The minimum atomic E-state index is -0.456. The maximum Gasteiger partial charge on any atom is 0.115 e. The summed E-state index contributed by atoms with van der Waals surface area (Å²) in [5, 5.41) is 0.987. The van der Waals surface area contributed by atoms with Crippen molar-refractivity contribution in [3.8, 4) is 11.3 Å². The number of nitrogens with zero attached hydrogens (tertiary/aromatic N) is 1. The Bertz CT molecular complexity index is 625. The Hall–Kier alpha value is -1.74. The van der Waals surface area contributed by atoms with Crippen molar-refractivity contribution in [2.24, 2.45) is 0 Å². The van der Waals surface area contributed by atoms with Crippen LogP contribution in [-0.4, -0.2) is 4.98 Å². The molecule has 0 aliphatic heterocycles. The lowest BCUT2D eigenvalue weighted by Crippen LogP contribution is -1.86. The van der Waals surface area contributed by atoms with E-state index in [4.69, 9.17) is 0 Å². The SMILES string of the molecule is C=C(/C=C\C)c1sc(C)nc1-c1cccc(CF)c1. The molecule has 0 saturated carbocycles. The molecular formula is C16H16FNS. The van der Waals surface area contributed by atoms with Crippen molar-refractivity contribution < 1.29 is 4.39 Å². The van der Waals surface area contributed by atoms with Crippen molar-refractivity contribution in [2.75, 3.05) is 0 Å². The smallest absolute Gasteiger partial charge is 0.115 e. The largest absolute Gasteiger partial charge is 0.246 e. The monoisotopic (exact) mass is 273 g/mol. The topological polar surface area (TPSA) is 12.9 Å². The van der Waals surface area contributed by atoms with Gasteiger partial charge in [0.1, 0.15) is 6.67 Å². The first-order valence-electron chi connectivity index (χ1n) is 6.10. The van der Waals surface area contributed by atoms with Crippen molar-refractivity contribution in [1.82, 2.24) is 4.98 Å². The molecule has 0 radical (unpaired) electrons. The number of aromatic nitrogens is 1. The van der Waals surface area contributed by atoms with Gasteiger partial charge in [-0.15, -0.1) is 11.3 Å². The van der Waals surface area contributed by atoms with Gasteiger partial charge in [-0.1, -0.05) is 36.9 Å². The standard InChI is InChI=1S/C16H16FNS/c1-4-6-11(2)16-15(18-12(3)19-16)14-8-5-7-13(9-14)10-17/h4-9H,2,10H2,1,3H3/b6-4-. The third-order valence-corrected chi connectivity index (χ3v) is 3.79. The quantitative estimate of drug-likeness (QED) is 0.700. The van der Waals surface area contributed by atoms with Crippen molar-refractivity contribution in [3.63, 3.8) is 0 Å². The summed E-state index contributed by atoms with van der Waals surface area (Å²) in [7, 11) is 0. The van der Waals surface area contributed by atoms with E-state index in [-0.39, 0.29) is 0 Å². The summed E-state index contributed by atoms with van der Waals surface area (Å²) in [6.07, 6.45) is 3.93. The van der Waals surface area contributed by atoms with E-state index in [0.29, 0.717) is 5.56 Å². The highest BCUT2D eigenvalue weighted by atomic mass is 32.1. The molecule has 1 aromatic heterocycles. The molecule has 0 bridgehead atoms. The first kappa shape index (κ1) is 13.7. The fourth-order valence-corrected chi connectivity index (χ4v) is 2.81. The number of benzene rings is 1. The molecule has 0 fully saturated rings. The zero-order chi connectivity index (χ0) is 13.8. The number of hydrogen-bond acceptors (Lipinski definition) is 2. The van der Waals surface area contributed by atoms with Gasteiger partial charge in [0.05, 0.1) is 15.6 Å². The number of halogens is 1. The summed E-state index contributed by atoms with van der Waals surface area (Å²) in [5.74, 6) is 0. The van der Waals surface area contributed by atoms with Gasteiger partial charge in [0.2, 0.25) is 0 Å². The molecule has 98 valence electrons. The summed E-state index contributed by atoms with van der Waals surface area (Å²) in [4.78, 5) is 5.61. The Labute approximate surface area is 117 Å². The fraction of sp³-hybridized carbons (Fsp3) is 0.188. The zero-order valence-corrected chi connectivity index (χ0v) is 11.9. The molecule has 2 aromatic rings. The molecule has 1 aromatic carbocycles. The third kappa shape index (κ3) is 2.99. The van der Waals surface area contributed by atoms with Gasteiger partial charge in [-0.05, 0) is 31.1 Å². The summed E-state index contributed by atoms with van der Waals surface area (Å²) >= 11 is 1.62. The first-order valence-corrected chi connectivity index (χ1v) is 6.92. The number of allylic oxidation sites excluding steroid dienone is 3. The molecular weight excluding hydrogens is 257 g/mol. The van der Waals surface area contributed by atoms with Crippen LogP contribution in [0.1, 0.15) is 22.4 Å². The van der Waals surface area contributed by atoms with Gasteiger partial charge in [-0.2, -0.15) is 0 Å². The summed E-state index contributed by atoms with van der Waals surface area (Å²) in [6.45, 7) is 7.54. The van der Waals surface area contributed by atoms with Crippen LogP contribution in [-0.2, 0) is 6.67 Å². The zero-order valence-electron chi connectivity index (χ0n) is 11.1. The second kappa shape index (κ2) is 5.93. The van der Waals surface area contributed by atoms with Gasteiger partial charge < -0.3 is 0 Å². The Morgan fingerprint density at radius 1 is 1.47 bits per heavy atom. The van der Waals surface area contributed by atoms with E-state index in [9.17, 15) is 4.39 Å². The molecule has 0 N–H and O–H groups in total. The van der Waals surface area contributed by atoms with Crippen LogP contribution in [0.3, 0.4) is 0 Å². The molecule has 0 aliphatic carbocycles. The van der Waals surface area contributed by atoms with Crippen LogP contribution >= 0.6 is 11.3 Å². The van der Waals surface area contributed by atoms with E-state index >= 15 is 0 Å². The van der Waals surface area contributed by atoms with E-state index in [2.05, 4.69) is 11.6 Å². The molecule has 0 unspecified atom stereocenters. The van der Waals surface area contributed by atoms with E-state index in [1.165, 1.54) is 0 Å². The van der Waals surface area contributed by atoms with Crippen LogP contribution in [0.4, 0.5) is 4.39 Å². The molecule has 1 nitrogen and oxygen atoms in total. The van der Waals surface area contributed by atoms with Crippen LogP contribution in [0.2, 0.25) is 0 Å². The molecule has 0 amide bonds. The second-order valence-electron chi connectivity index (χ2n) is 4.27. The molecule has 2 rings (SSSR count). The van der Waals surface area contributed by atoms with Crippen LogP contribution in [0.25, 0.3) is 16.8 Å². The maximum absolute atomic E-state index is 12.8. The number of alkyl halides is 1. The molecule has 0 aliphatic rings. The molecule has 19 heavy (non-hydrogen) atoms. The highest BCUT2D eigenvalue weighted by Crippen LogP contribution is 2.33. The predicted molar refractivity (Wildman–Crippen MR) is 80.9 cm³/mol. The predicted octanol–water partition coefficient (Wildman–Crippen LogP) is 5.18. The van der Waals surface area contributed by atoms with Crippen molar-refractivity contribution in [3.05, 3.63) is 58.4 Å². The average molecular weight is 273 g/mol. The summed E-state index contributed by atoms with van der Waals surface area (Å²) < 4.78 is 12.8. The van der Waals surface area contributed by atoms with Gasteiger partial charge >= 0.3 is 0 Å². The highest BCUT2D eigenvalue weighted by molar-refractivity contribution is 7.13. The van der Waals surface area contributed by atoms with E-state index in [0.717, 1.165) is 26.7 Å². The maximum atomic E-state index is 12.8. The molecule has 3 heteroatoms. The third-order valence-electron chi connectivity index (χ3n) is 2.75. The van der Waals surface area contributed by atoms with Crippen molar-refractivity contribution in [2.45, 2.75) is 20.5 Å². The second-order valence-corrected chi connectivity index (χ2v) is 5.47. The number of thiazole rings is 1. The average Bonchev–Trinajstić information content (AvgIpc) is 2.81. The van der Waals surface area contributed by atoms with Crippen molar-refractivity contribution in [1.29, 1.82) is 0 Å². The molecule has 1 heterocycles. The Balaban J connectivity index is 2.52. The van der Waals surface area contributed by atoms with Crippen LogP contribution in [0.15, 0.2) is 43.0 Å². The summed E-state index contributed by atoms with van der Waals surface area (Å²) in [5.41, 5.74) is 3.44. The lowest BCUT2D eigenvalue weighted by atomic mass is 10.1. The lowest BCUT2D eigenvalue weighted by molar-refractivity contribution is 0.485. The van der Waals surface area contributed by atoms with Gasteiger partial charge in [-0.3, -0.25) is 0 Å². The molecule has 0 spiro atoms. The van der Waals surface area contributed by atoms with Crippen LogP contribution in [0.5, 0.6) is 0 Å². The van der Waals surface area contributed by atoms with Crippen LogP contribution < -0.4 is 0 Å². The highest BCUT2D eigenvalue weighted by Gasteiger charge is 2.13. The van der Waals surface area contributed by atoms with E-state index < -0.39 is 6.67 Å². The minimum absolute atomic E-state index is 0.456. The first-order chi connectivity index (χ1) is 9.15. The van der Waals surface area contributed by atoms with Gasteiger partial charge in [-0.25, -0.2) is 9.37 Å². The Morgan fingerprint density at radius 3 is 2.95 bits per heavy atom. The minimum Gasteiger partial charge on any atom is -0.246 e. The van der Waals surface area contributed by atoms with E-state index in [1.807, 2.05) is 44.2 Å². The number of rotatable bonds is 4. The van der Waals surface area contributed by atoms with Gasteiger partial charge in [0, 0.05) is 5.56 Å². The van der Waals surface area contributed by atoms with Crippen LogP contribution in [0, 0.1) is 6.92 Å². The van der Waals surface area contributed by atoms with Gasteiger partial charge in [0.25, 0.3) is 0 Å². The lowest BCUT2D eigenvalue weighted by Gasteiger charge is -2.04. The number of hydrogen-bond donors (Lipinski definition) is 0. The van der Waals surface area contributed by atoms with E-state index in [1.54, 1.807) is 17.4 Å².